The van der Waals surface area contributed by atoms with E-state index in [-0.39, 0.29) is 18.0 Å². The Morgan fingerprint density at radius 3 is 2.00 bits per heavy atom. The molecule has 9 heteroatoms. The number of benzene rings is 1. The molecular formula is C13H21N3O4S2. The Kier molecular flexibility index (Phi) is 5.23. The minimum atomic E-state index is -3.58. The van der Waals surface area contributed by atoms with Crippen LogP contribution in [0, 0.1) is 0 Å². The van der Waals surface area contributed by atoms with Gasteiger partial charge in [-0.3, -0.25) is 0 Å². The molecule has 0 N–H and O–H groups in total. The van der Waals surface area contributed by atoms with Gasteiger partial charge in [0.05, 0.1) is 4.90 Å². The molecule has 1 aliphatic rings. The minimum absolute atomic E-state index is 0.157. The van der Waals surface area contributed by atoms with Crippen molar-refractivity contribution in [1.82, 2.24) is 12.9 Å². The number of hydrogen-bond acceptors (Lipinski definition) is 4. The minimum Gasteiger partial charge on any atom is -0.207 e. The third-order valence-electron chi connectivity index (χ3n) is 3.58. The van der Waals surface area contributed by atoms with Crippen molar-refractivity contribution in [3.05, 3.63) is 30.3 Å². The largest absolute Gasteiger partial charge is 0.281 e. The standard InChI is InChI=1S/C13H21N3O4S2/c1-14(2)22(19,20)16-10-6-9-15(11-12-16)21(17,18)13-7-4-3-5-8-13/h3-5,7-8H,6,9-12H2,1-2H3. The van der Waals surface area contributed by atoms with Crippen LogP contribution in [0.4, 0.5) is 0 Å². The summed E-state index contributed by atoms with van der Waals surface area (Å²) in [6.45, 7) is 0.953. The van der Waals surface area contributed by atoms with Gasteiger partial charge in [-0.05, 0) is 18.6 Å². The molecule has 1 aromatic carbocycles. The molecule has 1 fully saturated rings. The van der Waals surface area contributed by atoms with Gasteiger partial charge in [-0.1, -0.05) is 18.2 Å². The summed E-state index contributed by atoms with van der Waals surface area (Å²) in [4.78, 5) is 0.235. The maximum Gasteiger partial charge on any atom is 0.281 e. The van der Waals surface area contributed by atoms with Crippen molar-refractivity contribution in [2.45, 2.75) is 11.3 Å². The number of nitrogens with zero attached hydrogens (tertiary/aromatic N) is 3. The first kappa shape index (κ1) is 17.4. The first-order valence-corrected chi connectivity index (χ1v) is 9.83. The van der Waals surface area contributed by atoms with Gasteiger partial charge in [0.25, 0.3) is 10.2 Å². The summed E-state index contributed by atoms with van der Waals surface area (Å²) in [5.74, 6) is 0. The van der Waals surface area contributed by atoms with Crippen LogP contribution in [0.25, 0.3) is 0 Å². The van der Waals surface area contributed by atoms with E-state index in [2.05, 4.69) is 0 Å². The second kappa shape index (κ2) is 6.63. The Labute approximate surface area is 132 Å². The van der Waals surface area contributed by atoms with E-state index < -0.39 is 20.2 Å². The molecule has 0 unspecified atom stereocenters. The second-order valence-electron chi connectivity index (χ2n) is 5.26. The van der Waals surface area contributed by atoms with Crippen LogP contribution in [0.3, 0.4) is 0 Å². The predicted molar refractivity (Wildman–Crippen MR) is 84.0 cm³/mol. The summed E-state index contributed by atoms with van der Waals surface area (Å²) >= 11 is 0. The molecule has 0 radical (unpaired) electrons. The van der Waals surface area contributed by atoms with E-state index in [4.69, 9.17) is 0 Å². The van der Waals surface area contributed by atoms with Crippen LogP contribution in [0.2, 0.25) is 0 Å². The van der Waals surface area contributed by atoms with Gasteiger partial charge in [0.15, 0.2) is 0 Å². The number of hydrogen-bond donors (Lipinski definition) is 0. The fourth-order valence-electron chi connectivity index (χ4n) is 2.31. The third kappa shape index (κ3) is 3.49. The van der Waals surface area contributed by atoms with Crippen molar-refractivity contribution in [3.63, 3.8) is 0 Å². The quantitative estimate of drug-likeness (QED) is 0.779. The summed E-state index contributed by atoms with van der Waals surface area (Å²) in [6.07, 6.45) is 0.471. The van der Waals surface area contributed by atoms with Crippen LogP contribution in [-0.2, 0) is 20.2 Å². The molecule has 0 saturated carbocycles. The molecule has 124 valence electrons. The fourth-order valence-corrected chi connectivity index (χ4v) is 4.94. The zero-order valence-electron chi connectivity index (χ0n) is 12.7. The van der Waals surface area contributed by atoms with Gasteiger partial charge >= 0.3 is 0 Å². The molecule has 22 heavy (non-hydrogen) atoms. The first-order valence-electron chi connectivity index (χ1n) is 6.99. The highest BCUT2D eigenvalue weighted by Crippen LogP contribution is 2.18. The molecule has 2 rings (SSSR count). The van der Waals surface area contributed by atoms with Gasteiger partial charge in [0, 0.05) is 40.3 Å². The first-order chi connectivity index (χ1) is 10.3. The van der Waals surface area contributed by atoms with Gasteiger partial charge in [-0.2, -0.15) is 21.3 Å². The van der Waals surface area contributed by atoms with E-state index in [0.717, 1.165) is 4.31 Å². The van der Waals surface area contributed by atoms with Crippen LogP contribution >= 0.6 is 0 Å². The van der Waals surface area contributed by atoms with Crippen molar-refractivity contribution in [2.75, 3.05) is 40.3 Å². The van der Waals surface area contributed by atoms with Crippen LogP contribution in [0.5, 0.6) is 0 Å². The summed E-state index contributed by atoms with van der Waals surface area (Å²) in [5.41, 5.74) is 0. The van der Waals surface area contributed by atoms with E-state index in [1.54, 1.807) is 30.3 Å². The highest BCUT2D eigenvalue weighted by Gasteiger charge is 2.31. The topological polar surface area (TPSA) is 78.0 Å². The maximum atomic E-state index is 12.6. The number of rotatable bonds is 4. The molecular weight excluding hydrogens is 326 g/mol. The molecule has 1 aliphatic heterocycles. The lowest BCUT2D eigenvalue weighted by Crippen LogP contribution is -2.42. The zero-order chi connectivity index (χ0) is 16.4. The van der Waals surface area contributed by atoms with E-state index in [1.807, 2.05) is 0 Å². The predicted octanol–water partition coefficient (Wildman–Crippen LogP) is 0.189. The van der Waals surface area contributed by atoms with E-state index in [1.165, 1.54) is 22.7 Å². The summed E-state index contributed by atoms with van der Waals surface area (Å²) < 4.78 is 53.3. The Morgan fingerprint density at radius 2 is 1.41 bits per heavy atom. The molecule has 1 saturated heterocycles. The van der Waals surface area contributed by atoms with Gasteiger partial charge < -0.3 is 0 Å². The molecule has 0 atom stereocenters. The Hall–Kier alpha value is -1.00. The van der Waals surface area contributed by atoms with Crippen molar-refractivity contribution in [2.24, 2.45) is 0 Å². The van der Waals surface area contributed by atoms with Crippen molar-refractivity contribution in [3.8, 4) is 0 Å². The van der Waals surface area contributed by atoms with Crippen LogP contribution in [0.1, 0.15) is 6.42 Å². The smallest absolute Gasteiger partial charge is 0.207 e. The zero-order valence-corrected chi connectivity index (χ0v) is 14.3. The average Bonchev–Trinajstić information content (AvgIpc) is 2.74. The molecule has 0 bridgehead atoms. The van der Waals surface area contributed by atoms with Gasteiger partial charge in [-0.25, -0.2) is 8.42 Å². The molecule has 1 aromatic rings. The van der Waals surface area contributed by atoms with E-state index >= 15 is 0 Å². The highest BCUT2D eigenvalue weighted by atomic mass is 32.2. The number of sulfonamides is 1. The van der Waals surface area contributed by atoms with Crippen molar-refractivity contribution < 1.29 is 16.8 Å². The maximum absolute atomic E-state index is 12.6. The average molecular weight is 347 g/mol. The monoisotopic (exact) mass is 347 g/mol. The summed E-state index contributed by atoms with van der Waals surface area (Å²) in [6, 6.07) is 8.21. The Bertz CT molecular complexity index is 702. The highest BCUT2D eigenvalue weighted by molar-refractivity contribution is 7.89. The fraction of sp³-hybridized carbons (Fsp3) is 0.538. The lowest BCUT2D eigenvalue weighted by atomic mass is 10.4. The van der Waals surface area contributed by atoms with Gasteiger partial charge in [-0.15, -0.1) is 0 Å². The Balaban J connectivity index is 2.18. The van der Waals surface area contributed by atoms with Crippen LogP contribution in [0.15, 0.2) is 35.2 Å². The molecule has 0 amide bonds. The molecule has 0 aromatic heterocycles. The van der Waals surface area contributed by atoms with Crippen LogP contribution in [-0.4, -0.2) is 70.0 Å². The summed E-state index contributed by atoms with van der Waals surface area (Å²) in [5, 5.41) is 0. The lowest BCUT2D eigenvalue weighted by Gasteiger charge is -2.24. The van der Waals surface area contributed by atoms with Gasteiger partial charge in [0.1, 0.15) is 0 Å². The lowest BCUT2D eigenvalue weighted by molar-refractivity contribution is 0.378. The van der Waals surface area contributed by atoms with E-state index in [9.17, 15) is 16.8 Å². The third-order valence-corrected chi connectivity index (χ3v) is 7.44. The molecule has 1 heterocycles. The van der Waals surface area contributed by atoms with Gasteiger partial charge in [0.2, 0.25) is 10.0 Å². The summed E-state index contributed by atoms with van der Waals surface area (Å²) in [7, 11) is -4.15. The molecule has 0 spiro atoms. The van der Waals surface area contributed by atoms with Crippen molar-refractivity contribution >= 4 is 20.2 Å². The SMILES string of the molecule is CN(C)S(=O)(=O)N1CCCN(S(=O)(=O)c2ccccc2)CC1. The van der Waals surface area contributed by atoms with E-state index in [0.29, 0.717) is 19.5 Å². The molecule has 0 aliphatic carbocycles. The van der Waals surface area contributed by atoms with Crippen molar-refractivity contribution in [1.29, 1.82) is 0 Å². The molecule has 7 nitrogen and oxygen atoms in total. The Morgan fingerprint density at radius 1 is 0.864 bits per heavy atom. The second-order valence-corrected chi connectivity index (χ2v) is 9.34. The van der Waals surface area contributed by atoms with Crippen LogP contribution < -0.4 is 0 Å². The normalized spacial score (nSPS) is 19.2.